The second-order valence-electron chi connectivity index (χ2n) is 1.96. The maximum Gasteiger partial charge on any atom is 0.789 e. The molecule has 12 heteroatoms. The first-order valence-corrected chi connectivity index (χ1v) is 3.33. The van der Waals surface area contributed by atoms with Crippen LogP contribution in [-0.4, -0.2) is 53.6 Å². The summed E-state index contributed by atoms with van der Waals surface area (Å²) in [6.45, 7) is 0. The van der Waals surface area contributed by atoms with Gasteiger partial charge in [-0.2, -0.15) is 0 Å². The Kier molecular flexibility index (Phi) is 2.18. The van der Waals surface area contributed by atoms with Crippen LogP contribution in [-0.2, 0) is 0 Å². The van der Waals surface area contributed by atoms with Gasteiger partial charge in [-0.05, 0) is 20.9 Å². The highest BCUT2D eigenvalue weighted by molar-refractivity contribution is 6.36. The number of hydrogen-bond acceptors (Lipinski definition) is 9. The van der Waals surface area contributed by atoms with E-state index in [-0.39, 0.29) is 12.0 Å². The predicted molar refractivity (Wildman–Crippen MR) is 37.6 cm³/mol. The van der Waals surface area contributed by atoms with Gasteiger partial charge in [-0.1, -0.05) is 10.2 Å². The Balaban J connectivity index is 1.88. The summed E-state index contributed by atoms with van der Waals surface area (Å²) in [7, 11) is -1.61. The van der Waals surface area contributed by atoms with E-state index in [1.165, 1.54) is 0 Å². The van der Waals surface area contributed by atoms with Crippen LogP contribution in [0, 0.1) is 0 Å². The van der Waals surface area contributed by atoms with Gasteiger partial charge in [0.25, 0.3) is 0 Å². The van der Waals surface area contributed by atoms with Gasteiger partial charge in [-0.3, -0.25) is 0 Å². The van der Waals surface area contributed by atoms with Gasteiger partial charge in [-0.15, -0.1) is 0 Å². The molecule has 0 aliphatic rings. The molecule has 0 bridgehead atoms. The summed E-state index contributed by atoms with van der Waals surface area (Å²) < 4.78 is 9.31. The van der Waals surface area contributed by atoms with E-state index in [1.807, 2.05) is 0 Å². The van der Waals surface area contributed by atoms with Crippen molar-refractivity contribution in [1.29, 1.82) is 0 Å². The summed E-state index contributed by atoms with van der Waals surface area (Å²) in [5, 5.41) is 33.2. The monoisotopic (exact) mass is 198 g/mol. The van der Waals surface area contributed by atoms with Crippen LogP contribution in [0.1, 0.15) is 0 Å². The molecule has 0 radical (unpaired) electrons. The van der Waals surface area contributed by atoms with Crippen LogP contribution in [0.5, 0.6) is 12.0 Å². The lowest BCUT2D eigenvalue weighted by atomic mass is 10.2. The average molecular weight is 198 g/mol. The lowest BCUT2D eigenvalue weighted by Crippen LogP contribution is -2.30. The summed E-state index contributed by atoms with van der Waals surface area (Å²) in [4.78, 5) is 0. The summed E-state index contributed by atoms with van der Waals surface area (Å²) in [6.07, 6.45) is 0. The lowest BCUT2D eigenvalue weighted by molar-refractivity contribution is 0.277. The van der Waals surface area contributed by atoms with Crippen molar-refractivity contribution in [3.8, 4) is 12.0 Å². The number of tetrazole rings is 2. The third kappa shape index (κ3) is 1.92. The van der Waals surface area contributed by atoms with E-state index in [2.05, 4.69) is 50.6 Å². The van der Waals surface area contributed by atoms with Gasteiger partial charge in [-0.25, -0.2) is 10.2 Å². The van der Waals surface area contributed by atoms with E-state index < -0.39 is 7.32 Å². The van der Waals surface area contributed by atoms with Crippen molar-refractivity contribution in [2.45, 2.75) is 0 Å². The van der Waals surface area contributed by atoms with Gasteiger partial charge in [0.05, 0.1) is 0 Å². The second kappa shape index (κ2) is 3.65. The molecule has 0 unspecified atom stereocenters. The van der Waals surface area contributed by atoms with Crippen molar-refractivity contribution in [3.63, 3.8) is 0 Å². The van der Waals surface area contributed by atoms with Gasteiger partial charge in [0, 0.05) is 0 Å². The minimum atomic E-state index is -1.61. The van der Waals surface area contributed by atoms with E-state index in [4.69, 9.17) is 5.02 Å². The maximum absolute atomic E-state index is 9.12. The SMILES string of the molecule is OB(Oc1nnn[nH]1)Oc1nnn[nH]1. The number of aromatic nitrogens is 8. The predicted octanol–water partition coefficient (Wildman–Crippen LogP) is -2.85. The average Bonchev–Trinajstić information content (AvgIpc) is 2.76. The molecule has 2 aromatic heterocycles. The highest BCUT2D eigenvalue weighted by Crippen LogP contribution is 2.00. The molecule has 72 valence electrons. The summed E-state index contributed by atoms with van der Waals surface area (Å²) in [6, 6.07) is -0.185. The molecule has 0 spiro atoms. The first-order chi connectivity index (χ1) is 6.84. The number of hydrogen-bond donors (Lipinski definition) is 3. The molecule has 2 rings (SSSR count). The molecule has 2 aromatic rings. The Morgan fingerprint density at radius 3 is 1.86 bits per heavy atom. The van der Waals surface area contributed by atoms with E-state index >= 15 is 0 Å². The normalized spacial score (nSPS) is 9.79. The van der Waals surface area contributed by atoms with Gasteiger partial charge < -0.3 is 14.3 Å². The fourth-order valence-corrected chi connectivity index (χ4v) is 0.616. The zero-order valence-corrected chi connectivity index (χ0v) is 6.52. The van der Waals surface area contributed by atoms with Crippen LogP contribution in [0.3, 0.4) is 0 Å². The number of nitrogens with one attached hydrogen (secondary N) is 2. The highest BCUT2D eigenvalue weighted by Gasteiger charge is 2.24. The molecule has 11 nitrogen and oxygen atoms in total. The molecule has 2 heterocycles. The first kappa shape index (κ1) is 8.37. The molecule has 0 aliphatic heterocycles. The third-order valence-corrected chi connectivity index (χ3v) is 1.08. The number of H-pyrrole nitrogens is 2. The van der Waals surface area contributed by atoms with Crippen molar-refractivity contribution in [2.24, 2.45) is 0 Å². The molecule has 0 atom stereocenters. The van der Waals surface area contributed by atoms with E-state index in [0.717, 1.165) is 0 Å². The minimum absolute atomic E-state index is 0.0926. The first-order valence-electron chi connectivity index (χ1n) is 3.33. The van der Waals surface area contributed by atoms with Crippen molar-refractivity contribution in [3.05, 3.63) is 0 Å². The molecular weight excluding hydrogens is 195 g/mol. The topological polar surface area (TPSA) is 148 Å². The number of rotatable bonds is 4. The molecule has 0 aromatic carbocycles. The van der Waals surface area contributed by atoms with Gasteiger partial charge in [0.15, 0.2) is 0 Å². The van der Waals surface area contributed by atoms with Crippen LogP contribution in [0.25, 0.3) is 0 Å². The largest absolute Gasteiger partial charge is 0.789 e. The van der Waals surface area contributed by atoms with Crippen molar-refractivity contribution < 1.29 is 14.3 Å². The fraction of sp³-hybridized carbons (Fsp3) is 0. The van der Waals surface area contributed by atoms with Gasteiger partial charge in [0.1, 0.15) is 0 Å². The van der Waals surface area contributed by atoms with Crippen LogP contribution in [0.15, 0.2) is 0 Å². The zero-order chi connectivity index (χ0) is 9.80. The standard InChI is InChI=1S/C2H3BN8O3/c12-3(13-1-4-8-9-5-1)14-2-6-10-11-7-2/h12H,(H,4,5,8,9)(H,6,7,10,11). The van der Waals surface area contributed by atoms with Crippen molar-refractivity contribution in [1.82, 2.24) is 41.2 Å². The Hall–Kier alpha value is -2.24. The van der Waals surface area contributed by atoms with Crippen LogP contribution >= 0.6 is 0 Å². The Morgan fingerprint density at radius 1 is 1.00 bits per heavy atom. The summed E-state index contributed by atoms with van der Waals surface area (Å²) >= 11 is 0. The van der Waals surface area contributed by atoms with Crippen LogP contribution in [0.4, 0.5) is 0 Å². The lowest BCUT2D eigenvalue weighted by Gasteiger charge is -2.03. The van der Waals surface area contributed by atoms with Crippen LogP contribution in [0.2, 0.25) is 0 Å². The molecular formula is C2H3BN8O3. The fourth-order valence-electron chi connectivity index (χ4n) is 0.616. The van der Waals surface area contributed by atoms with Crippen molar-refractivity contribution >= 4 is 7.32 Å². The molecule has 0 saturated heterocycles. The number of aromatic amines is 2. The highest BCUT2D eigenvalue weighted by atomic mass is 16.7. The van der Waals surface area contributed by atoms with Crippen LogP contribution < -0.4 is 9.31 Å². The molecule has 0 fully saturated rings. The van der Waals surface area contributed by atoms with Crippen molar-refractivity contribution in [2.75, 3.05) is 0 Å². The van der Waals surface area contributed by atoms with E-state index in [9.17, 15) is 0 Å². The minimum Gasteiger partial charge on any atom is -0.471 e. The quantitative estimate of drug-likeness (QED) is 0.441. The maximum atomic E-state index is 9.12. The Labute approximate surface area is 76.0 Å². The van der Waals surface area contributed by atoms with E-state index in [1.54, 1.807) is 0 Å². The second-order valence-corrected chi connectivity index (χ2v) is 1.96. The van der Waals surface area contributed by atoms with E-state index in [0.29, 0.717) is 0 Å². The van der Waals surface area contributed by atoms with Gasteiger partial charge in [0.2, 0.25) is 0 Å². The summed E-state index contributed by atoms with van der Waals surface area (Å²) in [5.74, 6) is 0. The third-order valence-electron chi connectivity index (χ3n) is 1.08. The van der Waals surface area contributed by atoms with Gasteiger partial charge >= 0.3 is 19.3 Å². The molecule has 14 heavy (non-hydrogen) atoms. The molecule has 0 saturated carbocycles. The zero-order valence-electron chi connectivity index (χ0n) is 6.52. The smallest absolute Gasteiger partial charge is 0.471 e. The molecule has 0 aliphatic carbocycles. The molecule has 0 amide bonds. The molecule has 3 N–H and O–H groups in total. The number of nitrogens with zero attached hydrogens (tertiary/aromatic N) is 6. The Bertz CT molecular complexity index is 324. The Morgan fingerprint density at radius 2 is 1.50 bits per heavy atom. The summed E-state index contributed by atoms with van der Waals surface area (Å²) in [5.41, 5.74) is 0.